The van der Waals surface area contributed by atoms with E-state index < -0.39 is 28.9 Å². The molecular formula is C13H11InO2. The summed E-state index contributed by atoms with van der Waals surface area (Å²) in [5.41, 5.74) is 0.364. The molecule has 0 aliphatic rings. The van der Waals surface area contributed by atoms with Crippen molar-refractivity contribution >= 4 is 35.5 Å². The van der Waals surface area contributed by atoms with E-state index in [9.17, 15) is 4.79 Å². The molecule has 0 aromatic heterocycles. The van der Waals surface area contributed by atoms with Gasteiger partial charge in [-0.25, -0.2) is 0 Å². The summed E-state index contributed by atoms with van der Waals surface area (Å²) in [4.78, 5) is 10.7. The number of hydrogen-bond donors (Lipinski definition) is 1. The first-order chi connectivity index (χ1) is 7.75. The molecule has 0 bridgehead atoms. The van der Waals surface area contributed by atoms with Gasteiger partial charge in [0.25, 0.3) is 0 Å². The predicted octanol–water partition coefficient (Wildman–Crippen LogP) is 0.772. The van der Waals surface area contributed by atoms with Crippen molar-refractivity contribution in [2.24, 2.45) is 0 Å². The van der Waals surface area contributed by atoms with Crippen molar-refractivity contribution < 1.29 is 9.90 Å². The number of benzene rings is 2. The van der Waals surface area contributed by atoms with Crippen LogP contribution in [0.15, 0.2) is 54.6 Å². The van der Waals surface area contributed by atoms with Crippen molar-refractivity contribution in [1.82, 2.24) is 0 Å². The standard InChI is InChI=1S/C7H5O2.C6H5.In.H/c8-7(9)6-4-2-1-3-5-6;1-2-4-6-5-3-1;;/h2-5H,(H,8,9);1-5H;;. The second kappa shape index (κ2) is 5.21. The summed E-state index contributed by atoms with van der Waals surface area (Å²) in [5, 5.41) is 8.78. The van der Waals surface area contributed by atoms with Crippen LogP contribution in [0.3, 0.4) is 0 Å². The molecule has 2 rings (SSSR count). The van der Waals surface area contributed by atoms with Crippen LogP contribution in [-0.2, 0) is 0 Å². The third-order valence-electron chi connectivity index (χ3n) is 2.45. The zero-order valence-electron chi connectivity index (χ0n) is 8.76. The van der Waals surface area contributed by atoms with Crippen molar-refractivity contribution in [2.45, 2.75) is 0 Å². The molecule has 0 aliphatic carbocycles. The number of aromatic carboxylic acids is 1. The molecule has 0 heterocycles. The zero-order chi connectivity index (χ0) is 11.4. The number of carboxylic acid groups (broad SMARTS) is 1. The summed E-state index contributed by atoms with van der Waals surface area (Å²) < 4.78 is 2.77. The van der Waals surface area contributed by atoms with E-state index in [0.717, 1.165) is 0 Å². The molecule has 0 spiro atoms. The van der Waals surface area contributed by atoms with E-state index in [0.29, 0.717) is 5.56 Å². The fourth-order valence-corrected chi connectivity index (χ4v) is 5.74. The van der Waals surface area contributed by atoms with E-state index in [1.165, 1.54) is 6.64 Å². The Kier molecular flexibility index (Phi) is 3.67. The first kappa shape index (κ1) is 11.3. The Hall–Kier alpha value is -1.22. The molecule has 0 amide bonds. The Balaban J connectivity index is 2.14. The monoisotopic (exact) mass is 314 g/mol. The van der Waals surface area contributed by atoms with E-state index in [1.54, 1.807) is 12.1 Å². The van der Waals surface area contributed by atoms with Crippen LogP contribution in [0.25, 0.3) is 0 Å². The van der Waals surface area contributed by atoms with Crippen LogP contribution in [0, 0.1) is 0 Å². The first-order valence-corrected chi connectivity index (χ1v) is 9.15. The van der Waals surface area contributed by atoms with Crippen LogP contribution in [0.2, 0.25) is 0 Å². The Morgan fingerprint density at radius 1 is 0.875 bits per heavy atom. The summed E-state index contributed by atoms with van der Waals surface area (Å²) in [7, 11) is 0. The van der Waals surface area contributed by atoms with Crippen LogP contribution in [-0.4, -0.2) is 34.0 Å². The zero-order valence-corrected chi connectivity index (χ0v) is 12.8. The molecule has 0 unspecified atom stereocenters. The third kappa shape index (κ3) is 2.89. The van der Waals surface area contributed by atoms with Gasteiger partial charge >= 0.3 is 106 Å². The number of rotatable bonds is 3. The average molecular weight is 314 g/mol. The topological polar surface area (TPSA) is 37.3 Å². The summed E-state index contributed by atoms with van der Waals surface area (Å²) in [6.45, 7) is 0. The quantitative estimate of drug-likeness (QED) is 0.909. The van der Waals surface area contributed by atoms with E-state index in [4.69, 9.17) is 5.11 Å². The summed E-state index contributed by atoms with van der Waals surface area (Å²) >= 11 is -1.13. The normalized spacial score (nSPS) is 9.75. The van der Waals surface area contributed by atoms with Gasteiger partial charge in [-0.3, -0.25) is 0 Å². The number of hydrogen-bond acceptors (Lipinski definition) is 1. The molecule has 0 radical (unpaired) electrons. The van der Waals surface area contributed by atoms with E-state index in [1.807, 2.05) is 18.2 Å². The Labute approximate surface area is 105 Å². The molecular weight excluding hydrogens is 303 g/mol. The van der Waals surface area contributed by atoms with Crippen molar-refractivity contribution in [1.29, 1.82) is 0 Å². The second-order valence-corrected chi connectivity index (χ2v) is 9.33. The molecule has 3 heteroatoms. The summed E-state index contributed by atoms with van der Waals surface area (Å²) in [6.07, 6.45) is 0. The maximum atomic E-state index is 10.7. The Morgan fingerprint density at radius 2 is 1.44 bits per heavy atom. The van der Waals surface area contributed by atoms with Gasteiger partial charge in [-0.05, 0) is 0 Å². The van der Waals surface area contributed by atoms with E-state index in [-0.39, 0.29) is 0 Å². The molecule has 2 nitrogen and oxygen atoms in total. The van der Waals surface area contributed by atoms with Gasteiger partial charge in [0.15, 0.2) is 0 Å². The molecule has 0 aliphatic heterocycles. The van der Waals surface area contributed by atoms with Crippen LogP contribution < -0.4 is 6.64 Å². The summed E-state index contributed by atoms with van der Waals surface area (Å²) in [6, 6.07) is 17.7. The van der Waals surface area contributed by atoms with Gasteiger partial charge in [0, 0.05) is 0 Å². The number of carboxylic acids is 1. The first-order valence-electron chi connectivity index (χ1n) is 5.12. The van der Waals surface area contributed by atoms with Gasteiger partial charge in [-0.1, -0.05) is 0 Å². The fourth-order valence-electron chi connectivity index (χ4n) is 1.60. The molecule has 2 aromatic rings. The average Bonchev–Trinajstić information content (AvgIpc) is 2.31. The Morgan fingerprint density at radius 3 is 2.00 bits per heavy atom. The molecule has 0 saturated carbocycles. The van der Waals surface area contributed by atoms with E-state index >= 15 is 0 Å². The molecule has 0 atom stereocenters. The van der Waals surface area contributed by atoms with Crippen LogP contribution in [0.4, 0.5) is 0 Å². The van der Waals surface area contributed by atoms with Crippen molar-refractivity contribution in [3.63, 3.8) is 0 Å². The van der Waals surface area contributed by atoms with Gasteiger partial charge < -0.3 is 0 Å². The van der Waals surface area contributed by atoms with Crippen molar-refractivity contribution in [2.75, 3.05) is 0 Å². The second-order valence-electron chi connectivity index (χ2n) is 3.66. The minimum absolute atomic E-state index is 0.364. The van der Waals surface area contributed by atoms with Gasteiger partial charge in [-0.15, -0.1) is 0 Å². The molecule has 2 aromatic carbocycles. The van der Waals surface area contributed by atoms with Gasteiger partial charge in [-0.2, -0.15) is 0 Å². The minimum atomic E-state index is -1.13. The van der Waals surface area contributed by atoms with E-state index in [2.05, 4.69) is 24.3 Å². The molecule has 0 saturated heterocycles. The Bertz CT molecular complexity index is 477. The SMILES string of the molecule is O=C(O)c1cc[c]([InH][c]2ccccc2)cc1. The van der Waals surface area contributed by atoms with Gasteiger partial charge in [0.1, 0.15) is 0 Å². The molecule has 16 heavy (non-hydrogen) atoms. The molecule has 78 valence electrons. The molecule has 0 fully saturated rings. The summed E-state index contributed by atoms with van der Waals surface area (Å²) in [5.74, 6) is -0.860. The molecule has 1 N–H and O–H groups in total. The predicted molar refractivity (Wildman–Crippen MR) is 66.3 cm³/mol. The van der Waals surface area contributed by atoms with Crippen LogP contribution >= 0.6 is 0 Å². The third-order valence-corrected chi connectivity index (χ3v) is 7.47. The van der Waals surface area contributed by atoms with Gasteiger partial charge in [0.2, 0.25) is 0 Å². The van der Waals surface area contributed by atoms with Crippen LogP contribution in [0.5, 0.6) is 0 Å². The maximum absolute atomic E-state index is 10.7. The van der Waals surface area contributed by atoms with Crippen LogP contribution in [0.1, 0.15) is 10.4 Å². The van der Waals surface area contributed by atoms with Crippen molar-refractivity contribution in [3.05, 3.63) is 60.2 Å². The van der Waals surface area contributed by atoms with Crippen molar-refractivity contribution in [3.8, 4) is 0 Å². The van der Waals surface area contributed by atoms with Gasteiger partial charge in [0.05, 0.1) is 0 Å². The number of carbonyl (C=O) groups is 1. The fraction of sp³-hybridized carbons (Fsp3) is 0.